The van der Waals surface area contributed by atoms with Crippen LogP contribution in [0.15, 0.2) is 15.6 Å². The minimum Gasteiger partial charge on any atom is -0.465 e. The summed E-state index contributed by atoms with van der Waals surface area (Å²) in [6.07, 6.45) is 1.78. The minimum atomic E-state index is 0.380. The molecule has 3 nitrogen and oxygen atoms in total. The first-order valence-corrected chi connectivity index (χ1v) is 6.45. The smallest absolute Gasteiger partial charge is 0.113 e. The lowest BCUT2D eigenvalue weighted by Crippen LogP contribution is -2.16. The average molecular weight is 237 g/mol. The van der Waals surface area contributed by atoms with Gasteiger partial charge < -0.3 is 9.62 Å². The molecule has 1 atom stereocenters. The Hall–Kier alpha value is -1.25. The van der Waals surface area contributed by atoms with Gasteiger partial charge in [-0.2, -0.15) is 0 Å². The molecular weight excluding hydrogens is 214 g/mol. The largest absolute Gasteiger partial charge is 0.465 e. The summed E-state index contributed by atoms with van der Waals surface area (Å²) in [4.78, 5) is 0. The molecule has 0 saturated carbocycles. The van der Waals surface area contributed by atoms with Gasteiger partial charge in [-0.05, 0) is 18.4 Å². The van der Waals surface area contributed by atoms with Gasteiger partial charge in [0.05, 0.1) is 5.71 Å². The lowest BCUT2D eigenvalue weighted by Gasteiger charge is -2.17. The van der Waals surface area contributed by atoms with Crippen LogP contribution in [0.4, 0.5) is 0 Å². The van der Waals surface area contributed by atoms with Crippen molar-refractivity contribution < 1.29 is 9.62 Å². The van der Waals surface area contributed by atoms with Crippen LogP contribution in [0, 0.1) is 5.92 Å². The van der Waals surface area contributed by atoms with Crippen molar-refractivity contribution in [2.24, 2.45) is 11.1 Å². The molecule has 0 aromatic carbocycles. The Morgan fingerprint density at radius 3 is 2.53 bits per heavy atom. The van der Waals surface area contributed by atoms with Gasteiger partial charge in [-0.15, -0.1) is 0 Å². The zero-order valence-electron chi connectivity index (χ0n) is 11.4. The Labute approximate surface area is 104 Å². The number of furan rings is 1. The summed E-state index contributed by atoms with van der Waals surface area (Å²) in [5.74, 6) is 2.83. The van der Waals surface area contributed by atoms with Gasteiger partial charge in [0.25, 0.3) is 0 Å². The van der Waals surface area contributed by atoms with Gasteiger partial charge in [0.2, 0.25) is 0 Å². The van der Waals surface area contributed by atoms with Gasteiger partial charge >= 0.3 is 0 Å². The highest BCUT2D eigenvalue weighted by atomic mass is 16.4. The van der Waals surface area contributed by atoms with E-state index in [2.05, 4.69) is 25.9 Å². The summed E-state index contributed by atoms with van der Waals surface area (Å²) in [7, 11) is 0. The van der Waals surface area contributed by atoms with Crippen LogP contribution in [-0.4, -0.2) is 10.9 Å². The lowest BCUT2D eigenvalue weighted by atomic mass is 9.88. The molecule has 0 radical (unpaired) electrons. The van der Waals surface area contributed by atoms with Gasteiger partial charge in [0, 0.05) is 17.9 Å². The van der Waals surface area contributed by atoms with Gasteiger partial charge in [-0.25, -0.2) is 0 Å². The standard InChI is InChI=1S/C12H17NO2.C2H6/c1-7(2)11-6-9-10(13-14)4-8(3)5-12(9)15-11;1-2/h6-8,14H,4-5H2,1-3H3;1-2H3/b13-10-;. The maximum Gasteiger partial charge on any atom is 0.113 e. The van der Waals surface area contributed by atoms with E-state index in [4.69, 9.17) is 9.62 Å². The van der Waals surface area contributed by atoms with Crippen molar-refractivity contribution in [1.82, 2.24) is 0 Å². The molecule has 3 heteroatoms. The summed E-state index contributed by atoms with van der Waals surface area (Å²) >= 11 is 0. The Kier molecular flexibility index (Phi) is 4.79. The summed E-state index contributed by atoms with van der Waals surface area (Å²) in [5, 5.41) is 12.3. The minimum absolute atomic E-state index is 0.380. The number of hydrogen-bond donors (Lipinski definition) is 1. The Balaban J connectivity index is 0.000000686. The fraction of sp³-hybridized carbons (Fsp3) is 0.643. The van der Waals surface area contributed by atoms with Crippen LogP contribution in [0.2, 0.25) is 0 Å². The van der Waals surface area contributed by atoms with Gasteiger partial charge in [0.1, 0.15) is 11.5 Å². The van der Waals surface area contributed by atoms with E-state index in [0.717, 1.165) is 35.6 Å². The molecule has 0 aliphatic heterocycles. The van der Waals surface area contributed by atoms with Gasteiger partial charge in [-0.1, -0.05) is 39.8 Å². The molecule has 1 aromatic heterocycles. The first-order chi connectivity index (χ1) is 8.11. The molecule has 1 aliphatic rings. The predicted octanol–water partition coefficient (Wildman–Crippen LogP) is 4.19. The molecule has 0 bridgehead atoms. The van der Waals surface area contributed by atoms with Crippen LogP contribution in [0.25, 0.3) is 0 Å². The fourth-order valence-corrected chi connectivity index (χ4v) is 2.05. The third-order valence-electron chi connectivity index (χ3n) is 2.90. The van der Waals surface area contributed by atoms with Crippen molar-refractivity contribution in [2.45, 2.75) is 53.4 Å². The van der Waals surface area contributed by atoms with E-state index in [0.29, 0.717) is 11.8 Å². The number of oxime groups is 1. The third-order valence-corrected chi connectivity index (χ3v) is 2.90. The number of rotatable bonds is 1. The van der Waals surface area contributed by atoms with E-state index in [-0.39, 0.29) is 0 Å². The van der Waals surface area contributed by atoms with E-state index in [9.17, 15) is 0 Å². The molecule has 1 unspecified atom stereocenters. The lowest BCUT2D eigenvalue weighted by molar-refractivity contribution is 0.314. The Morgan fingerprint density at radius 2 is 2.00 bits per heavy atom. The molecule has 17 heavy (non-hydrogen) atoms. The average Bonchev–Trinajstić information content (AvgIpc) is 2.74. The summed E-state index contributed by atoms with van der Waals surface area (Å²) in [5.41, 5.74) is 1.76. The molecule has 2 rings (SSSR count). The highest BCUT2D eigenvalue weighted by molar-refractivity contribution is 6.02. The second-order valence-electron chi connectivity index (χ2n) is 4.70. The van der Waals surface area contributed by atoms with Crippen LogP contribution in [0.1, 0.15) is 64.0 Å². The number of nitrogens with zero attached hydrogens (tertiary/aromatic N) is 1. The molecule has 96 valence electrons. The maximum absolute atomic E-state index is 8.95. The molecule has 0 fully saturated rings. The van der Waals surface area contributed by atoms with E-state index in [1.54, 1.807) is 0 Å². The van der Waals surface area contributed by atoms with Gasteiger partial charge in [0.15, 0.2) is 0 Å². The molecule has 1 N–H and O–H groups in total. The van der Waals surface area contributed by atoms with Crippen molar-refractivity contribution in [2.75, 3.05) is 0 Å². The molecule has 0 spiro atoms. The van der Waals surface area contributed by atoms with Crippen LogP contribution in [-0.2, 0) is 6.42 Å². The number of fused-ring (bicyclic) bond motifs is 1. The molecule has 0 saturated heterocycles. The van der Waals surface area contributed by atoms with Crippen molar-refractivity contribution in [3.05, 3.63) is 23.2 Å². The second kappa shape index (κ2) is 5.89. The van der Waals surface area contributed by atoms with E-state index >= 15 is 0 Å². The van der Waals surface area contributed by atoms with Crippen molar-refractivity contribution in [3.8, 4) is 0 Å². The van der Waals surface area contributed by atoms with Crippen molar-refractivity contribution >= 4 is 5.71 Å². The summed E-state index contributed by atoms with van der Waals surface area (Å²) in [6.45, 7) is 10.3. The predicted molar refractivity (Wildman–Crippen MR) is 70.0 cm³/mol. The summed E-state index contributed by atoms with van der Waals surface area (Å²) in [6, 6.07) is 2.01. The monoisotopic (exact) mass is 237 g/mol. The van der Waals surface area contributed by atoms with E-state index in [1.165, 1.54) is 0 Å². The van der Waals surface area contributed by atoms with Crippen LogP contribution in [0.5, 0.6) is 0 Å². The second-order valence-corrected chi connectivity index (χ2v) is 4.70. The maximum atomic E-state index is 8.95. The van der Waals surface area contributed by atoms with Crippen LogP contribution in [0.3, 0.4) is 0 Å². The molecule has 1 aromatic rings. The third kappa shape index (κ3) is 2.90. The first kappa shape index (κ1) is 13.8. The zero-order valence-corrected chi connectivity index (χ0v) is 11.4. The zero-order chi connectivity index (χ0) is 13.0. The normalized spacial score (nSPS) is 21.1. The van der Waals surface area contributed by atoms with E-state index in [1.807, 2.05) is 19.9 Å². The van der Waals surface area contributed by atoms with Gasteiger partial charge in [-0.3, -0.25) is 0 Å². The Bertz CT molecular complexity index is 391. The summed E-state index contributed by atoms with van der Waals surface area (Å²) < 4.78 is 5.78. The topological polar surface area (TPSA) is 45.7 Å². The quantitative estimate of drug-likeness (QED) is 0.588. The first-order valence-electron chi connectivity index (χ1n) is 6.45. The molecular formula is C14H23NO2. The van der Waals surface area contributed by atoms with Crippen molar-refractivity contribution in [3.63, 3.8) is 0 Å². The Morgan fingerprint density at radius 1 is 1.35 bits per heavy atom. The molecule has 1 heterocycles. The highest BCUT2D eigenvalue weighted by Crippen LogP contribution is 2.31. The molecule has 1 aliphatic carbocycles. The van der Waals surface area contributed by atoms with Crippen LogP contribution < -0.4 is 0 Å². The van der Waals surface area contributed by atoms with E-state index < -0.39 is 0 Å². The SMILES string of the molecule is CC.CC1C/C(=N/O)c2cc(C(C)C)oc2C1. The van der Waals surface area contributed by atoms with Crippen LogP contribution >= 0.6 is 0 Å². The highest BCUT2D eigenvalue weighted by Gasteiger charge is 2.26. The fourth-order valence-electron chi connectivity index (χ4n) is 2.05. The molecule has 0 amide bonds. The number of hydrogen-bond acceptors (Lipinski definition) is 3. The van der Waals surface area contributed by atoms with Crippen molar-refractivity contribution in [1.29, 1.82) is 0 Å².